The number of hydrogen-bond acceptors (Lipinski definition) is 6. The Kier molecular flexibility index (Phi) is 6.79. The molecule has 0 radical (unpaired) electrons. The zero-order valence-electron chi connectivity index (χ0n) is 15.8. The molecule has 1 amide bonds. The molecule has 3 rings (SSSR count). The topological polar surface area (TPSA) is 89.0 Å². The predicted molar refractivity (Wildman–Crippen MR) is 104 cm³/mol. The van der Waals surface area contributed by atoms with Gasteiger partial charge < -0.3 is 15.4 Å². The SMILES string of the molecule is CC(Nc1nccc(C(=O)Nc2cnccc2OC(F)C(F)F)n1)c1ccccc1. The Hall–Kier alpha value is -3.69. The summed E-state index contributed by atoms with van der Waals surface area (Å²) in [6, 6.07) is 12.0. The minimum absolute atomic E-state index is 0.00761. The molecule has 2 aromatic heterocycles. The third-order valence-electron chi connectivity index (χ3n) is 4.00. The Morgan fingerprint density at radius 2 is 1.83 bits per heavy atom. The summed E-state index contributed by atoms with van der Waals surface area (Å²) in [5.41, 5.74) is 0.942. The molecule has 2 N–H and O–H groups in total. The van der Waals surface area contributed by atoms with Crippen molar-refractivity contribution in [3.05, 3.63) is 72.3 Å². The maximum Gasteiger partial charge on any atom is 0.304 e. The monoisotopic (exact) mass is 417 g/mol. The standard InChI is InChI=1S/C20H18F3N5O2/c1-12(13-5-3-2-4-6-13)26-20-25-10-7-14(28-20)19(29)27-15-11-24-9-8-16(15)30-18(23)17(21)22/h2-12,17-18H,1H3,(H,27,29)(H,25,26,28). The fourth-order valence-corrected chi connectivity index (χ4v) is 2.51. The molecule has 1 aromatic carbocycles. The molecule has 0 aliphatic carbocycles. The van der Waals surface area contributed by atoms with Gasteiger partial charge in [-0.2, -0.15) is 4.39 Å². The van der Waals surface area contributed by atoms with Crippen molar-refractivity contribution in [3.63, 3.8) is 0 Å². The number of ether oxygens (including phenoxy) is 1. The number of amides is 1. The molecule has 30 heavy (non-hydrogen) atoms. The summed E-state index contributed by atoms with van der Waals surface area (Å²) in [6.07, 6.45) is -2.39. The van der Waals surface area contributed by atoms with Gasteiger partial charge in [0, 0.05) is 18.5 Å². The molecule has 2 heterocycles. The van der Waals surface area contributed by atoms with Crippen LogP contribution >= 0.6 is 0 Å². The molecular weight excluding hydrogens is 399 g/mol. The highest BCUT2D eigenvalue weighted by atomic mass is 19.3. The lowest BCUT2D eigenvalue weighted by molar-refractivity contribution is -0.0665. The van der Waals surface area contributed by atoms with Gasteiger partial charge in [-0.1, -0.05) is 30.3 Å². The van der Waals surface area contributed by atoms with Gasteiger partial charge in [-0.25, -0.2) is 18.7 Å². The lowest BCUT2D eigenvalue weighted by Crippen LogP contribution is -2.21. The summed E-state index contributed by atoms with van der Waals surface area (Å²) in [6.45, 7) is 1.92. The Bertz CT molecular complexity index is 991. The van der Waals surface area contributed by atoms with Crippen LogP contribution in [0.2, 0.25) is 0 Å². The number of rotatable bonds is 8. The third kappa shape index (κ3) is 5.43. The molecule has 7 nitrogen and oxygen atoms in total. The van der Waals surface area contributed by atoms with Crippen LogP contribution in [0.4, 0.5) is 24.8 Å². The van der Waals surface area contributed by atoms with Gasteiger partial charge >= 0.3 is 6.43 Å². The summed E-state index contributed by atoms with van der Waals surface area (Å²) in [4.78, 5) is 24.6. The number of pyridine rings is 1. The van der Waals surface area contributed by atoms with Gasteiger partial charge in [-0.3, -0.25) is 9.78 Å². The van der Waals surface area contributed by atoms with Gasteiger partial charge in [0.25, 0.3) is 12.3 Å². The van der Waals surface area contributed by atoms with E-state index in [4.69, 9.17) is 0 Å². The highest BCUT2D eigenvalue weighted by Crippen LogP contribution is 2.26. The first-order valence-electron chi connectivity index (χ1n) is 8.93. The number of aromatic nitrogens is 3. The van der Waals surface area contributed by atoms with Gasteiger partial charge in [-0.05, 0) is 18.6 Å². The van der Waals surface area contributed by atoms with Gasteiger partial charge in [0.05, 0.1) is 12.2 Å². The number of alkyl halides is 3. The quantitative estimate of drug-likeness (QED) is 0.570. The van der Waals surface area contributed by atoms with Crippen LogP contribution in [-0.2, 0) is 0 Å². The second-order valence-electron chi connectivity index (χ2n) is 6.17. The molecule has 10 heteroatoms. The molecule has 0 bridgehead atoms. The maximum absolute atomic E-state index is 13.2. The second kappa shape index (κ2) is 9.68. The number of benzene rings is 1. The minimum atomic E-state index is -3.33. The zero-order chi connectivity index (χ0) is 21.5. The molecule has 0 aliphatic rings. The average Bonchev–Trinajstić information content (AvgIpc) is 2.75. The van der Waals surface area contributed by atoms with Crippen LogP contribution in [0, 0.1) is 0 Å². The van der Waals surface area contributed by atoms with Crippen LogP contribution in [0.15, 0.2) is 61.1 Å². The molecule has 156 valence electrons. The molecule has 0 saturated carbocycles. The molecule has 0 fully saturated rings. The second-order valence-corrected chi connectivity index (χ2v) is 6.17. The lowest BCUT2D eigenvalue weighted by atomic mass is 10.1. The van der Waals surface area contributed by atoms with Crippen LogP contribution < -0.4 is 15.4 Å². The summed E-state index contributed by atoms with van der Waals surface area (Å²) >= 11 is 0. The number of anilines is 2. The molecule has 2 atom stereocenters. The summed E-state index contributed by atoms with van der Waals surface area (Å²) in [7, 11) is 0. The lowest BCUT2D eigenvalue weighted by Gasteiger charge is -2.15. The Morgan fingerprint density at radius 1 is 1.07 bits per heavy atom. The van der Waals surface area contributed by atoms with Gasteiger partial charge in [-0.15, -0.1) is 0 Å². The number of carbonyl (C=O) groups excluding carboxylic acids is 1. The van der Waals surface area contributed by atoms with E-state index in [9.17, 15) is 18.0 Å². The number of nitrogens with zero attached hydrogens (tertiary/aromatic N) is 3. The molecule has 2 unspecified atom stereocenters. The Labute approximate surface area is 170 Å². The van der Waals surface area contributed by atoms with E-state index in [0.717, 1.165) is 11.8 Å². The van der Waals surface area contributed by atoms with Crippen molar-refractivity contribution in [1.82, 2.24) is 15.0 Å². The fourth-order valence-electron chi connectivity index (χ4n) is 2.51. The third-order valence-corrected chi connectivity index (χ3v) is 4.00. The van der Waals surface area contributed by atoms with Crippen LogP contribution in [0.5, 0.6) is 5.75 Å². The van der Waals surface area contributed by atoms with Crippen LogP contribution in [0.1, 0.15) is 29.0 Å². The number of carbonyl (C=O) groups is 1. The van der Waals surface area contributed by atoms with Crippen molar-refractivity contribution in [3.8, 4) is 5.75 Å². The van der Waals surface area contributed by atoms with Gasteiger partial charge in [0.15, 0.2) is 0 Å². The van der Waals surface area contributed by atoms with E-state index in [1.165, 1.54) is 24.5 Å². The minimum Gasteiger partial charge on any atom is -0.452 e. The van der Waals surface area contributed by atoms with E-state index in [2.05, 4.69) is 30.3 Å². The first kappa shape index (κ1) is 21.0. The molecule has 0 saturated heterocycles. The fraction of sp³-hybridized carbons (Fsp3) is 0.200. The van der Waals surface area contributed by atoms with Crippen molar-refractivity contribution >= 4 is 17.5 Å². The van der Waals surface area contributed by atoms with Crippen molar-refractivity contribution in [2.24, 2.45) is 0 Å². The van der Waals surface area contributed by atoms with Crippen molar-refractivity contribution in [2.75, 3.05) is 10.6 Å². The summed E-state index contributed by atoms with van der Waals surface area (Å²) < 4.78 is 42.6. The number of halogens is 3. The highest BCUT2D eigenvalue weighted by Gasteiger charge is 2.23. The normalized spacial score (nSPS) is 12.8. The van der Waals surface area contributed by atoms with Crippen LogP contribution in [-0.4, -0.2) is 33.6 Å². The van der Waals surface area contributed by atoms with E-state index < -0.39 is 18.7 Å². The molecule has 0 aliphatic heterocycles. The van der Waals surface area contributed by atoms with E-state index in [-0.39, 0.29) is 29.1 Å². The van der Waals surface area contributed by atoms with Crippen molar-refractivity contribution < 1.29 is 22.7 Å². The first-order valence-corrected chi connectivity index (χ1v) is 8.93. The molecule has 0 spiro atoms. The van der Waals surface area contributed by atoms with Gasteiger partial charge in [0.2, 0.25) is 5.95 Å². The molecular formula is C20H18F3N5O2. The first-order chi connectivity index (χ1) is 14.4. The van der Waals surface area contributed by atoms with E-state index in [1.54, 1.807) is 0 Å². The van der Waals surface area contributed by atoms with Gasteiger partial charge in [0.1, 0.15) is 17.1 Å². The smallest absolute Gasteiger partial charge is 0.304 e. The Morgan fingerprint density at radius 3 is 2.57 bits per heavy atom. The van der Waals surface area contributed by atoms with E-state index in [1.807, 2.05) is 37.3 Å². The van der Waals surface area contributed by atoms with Crippen LogP contribution in [0.25, 0.3) is 0 Å². The Balaban J connectivity index is 1.72. The van der Waals surface area contributed by atoms with E-state index in [0.29, 0.717) is 0 Å². The maximum atomic E-state index is 13.2. The largest absolute Gasteiger partial charge is 0.452 e. The number of nitrogens with one attached hydrogen (secondary N) is 2. The highest BCUT2D eigenvalue weighted by molar-refractivity contribution is 6.03. The average molecular weight is 417 g/mol. The number of hydrogen-bond donors (Lipinski definition) is 2. The van der Waals surface area contributed by atoms with E-state index >= 15 is 0 Å². The predicted octanol–water partition coefficient (Wildman–Crippen LogP) is 4.24. The zero-order valence-corrected chi connectivity index (χ0v) is 15.8. The summed E-state index contributed by atoms with van der Waals surface area (Å²) in [5, 5.41) is 5.52. The van der Waals surface area contributed by atoms with Crippen molar-refractivity contribution in [2.45, 2.75) is 25.7 Å². The van der Waals surface area contributed by atoms with Crippen LogP contribution in [0.3, 0.4) is 0 Å². The van der Waals surface area contributed by atoms with Crippen molar-refractivity contribution in [1.29, 1.82) is 0 Å². The molecule has 3 aromatic rings. The summed E-state index contributed by atoms with van der Waals surface area (Å²) in [5.74, 6) is -0.724.